The highest BCUT2D eigenvalue weighted by molar-refractivity contribution is 5.89. The molecule has 0 radical (unpaired) electrons. The van der Waals surface area contributed by atoms with Gasteiger partial charge in [-0.1, -0.05) is 12.1 Å². The first-order valence-corrected chi connectivity index (χ1v) is 5.85. The van der Waals surface area contributed by atoms with Crippen LogP contribution in [0.1, 0.15) is 5.56 Å². The van der Waals surface area contributed by atoms with Gasteiger partial charge in [-0.05, 0) is 48.0 Å². The third kappa shape index (κ3) is 2.22. The Morgan fingerprint density at radius 1 is 1.05 bits per heavy atom. The van der Waals surface area contributed by atoms with Crippen LogP contribution in [0, 0.1) is 12.7 Å². The first-order valence-electron chi connectivity index (χ1n) is 5.85. The number of halogens is 1. The summed E-state index contributed by atoms with van der Waals surface area (Å²) in [6.07, 6.45) is 0. The van der Waals surface area contributed by atoms with Crippen molar-refractivity contribution < 1.29 is 4.39 Å². The molecule has 1 N–H and O–H groups in total. The smallest absolute Gasteiger partial charge is 0.164 e. The van der Waals surface area contributed by atoms with Crippen LogP contribution >= 0.6 is 0 Å². The zero-order valence-electron chi connectivity index (χ0n) is 10.3. The Bertz CT molecular complexity index is 737. The lowest BCUT2D eigenvalue weighted by Crippen LogP contribution is -1.99. The molecular formula is C14H11FN4. The molecule has 2 aromatic carbocycles. The summed E-state index contributed by atoms with van der Waals surface area (Å²) in [4.78, 5) is 0. The zero-order valence-corrected chi connectivity index (χ0v) is 10.3. The molecule has 0 fully saturated rings. The number of fused-ring (bicyclic) bond motifs is 1. The van der Waals surface area contributed by atoms with E-state index >= 15 is 0 Å². The molecule has 0 atom stereocenters. The molecule has 5 heteroatoms. The predicted molar refractivity (Wildman–Crippen MR) is 71.8 cm³/mol. The SMILES string of the molecule is Cc1cc(Nc2nnnc3ccccc23)ccc1F. The van der Waals surface area contributed by atoms with Crippen molar-refractivity contribution in [1.29, 1.82) is 0 Å². The highest BCUT2D eigenvalue weighted by Crippen LogP contribution is 2.23. The minimum atomic E-state index is -0.226. The molecule has 0 unspecified atom stereocenters. The Kier molecular flexibility index (Phi) is 2.79. The Hall–Kier alpha value is -2.56. The molecule has 3 rings (SSSR count). The van der Waals surface area contributed by atoms with Crippen LogP contribution in [0.5, 0.6) is 0 Å². The molecule has 0 spiro atoms. The normalized spacial score (nSPS) is 10.6. The van der Waals surface area contributed by atoms with Crippen LogP contribution in [-0.4, -0.2) is 15.4 Å². The Balaban J connectivity index is 2.03. The molecule has 1 aromatic heterocycles. The van der Waals surface area contributed by atoms with Crippen LogP contribution in [0.4, 0.5) is 15.9 Å². The van der Waals surface area contributed by atoms with E-state index in [4.69, 9.17) is 0 Å². The molecule has 0 amide bonds. The Morgan fingerprint density at radius 3 is 2.74 bits per heavy atom. The fourth-order valence-electron chi connectivity index (χ4n) is 1.88. The van der Waals surface area contributed by atoms with Gasteiger partial charge in [-0.3, -0.25) is 0 Å². The largest absolute Gasteiger partial charge is 0.338 e. The van der Waals surface area contributed by atoms with Gasteiger partial charge in [0.05, 0.1) is 5.52 Å². The average Bonchev–Trinajstić information content (AvgIpc) is 2.43. The molecule has 3 aromatic rings. The van der Waals surface area contributed by atoms with Gasteiger partial charge in [0.2, 0.25) is 0 Å². The van der Waals surface area contributed by atoms with E-state index in [0.717, 1.165) is 16.6 Å². The maximum Gasteiger partial charge on any atom is 0.164 e. The summed E-state index contributed by atoms with van der Waals surface area (Å²) in [5, 5.41) is 15.7. The van der Waals surface area contributed by atoms with E-state index in [9.17, 15) is 4.39 Å². The molecular weight excluding hydrogens is 243 g/mol. The molecule has 19 heavy (non-hydrogen) atoms. The van der Waals surface area contributed by atoms with Crippen molar-refractivity contribution in [1.82, 2.24) is 15.4 Å². The first kappa shape index (κ1) is 11.5. The summed E-state index contributed by atoms with van der Waals surface area (Å²) in [6, 6.07) is 12.4. The van der Waals surface area contributed by atoms with Crippen LogP contribution < -0.4 is 5.32 Å². The Labute approximate surface area is 109 Å². The van der Waals surface area contributed by atoms with Gasteiger partial charge in [-0.25, -0.2) is 4.39 Å². The van der Waals surface area contributed by atoms with Gasteiger partial charge < -0.3 is 5.32 Å². The fourth-order valence-corrected chi connectivity index (χ4v) is 1.88. The number of aromatic nitrogens is 3. The maximum atomic E-state index is 13.2. The van der Waals surface area contributed by atoms with E-state index in [2.05, 4.69) is 20.7 Å². The van der Waals surface area contributed by atoms with E-state index in [0.29, 0.717) is 11.4 Å². The monoisotopic (exact) mass is 254 g/mol. The van der Waals surface area contributed by atoms with Crippen molar-refractivity contribution in [2.24, 2.45) is 0 Å². The van der Waals surface area contributed by atoms with Gasteiger partial charge in [-0.15, -0.1) is 10.2 Å². The first-order chi connectivity index (χ1) is 9.24. The highest BCUT2D eigenvalue weighted by atomic mass is 19.1. The van der Waals surface area contributed by atoms with Crippen LogP contribution in [0.3, 0.4) is 0 Å². The fraction of sp³-hybridized carbons (Fsp3) is 0.0714. The van der Waals surface area contributed by atoms with Crippen LogP contribution in [0.2, 0.25) is 0 Å². The second-order valence-corrected chi connectivity index (χ2v) is 4.24. The average molecular weight is 254 g/mol. The van der Waals surface area contributed by atoms with E-state index in [1.165, 1.54) is 6.07 Å². The van der Waals surface area contributed by atoms with Gasteiger partial charge in [0, 0.05) is 11.1 Å². The summed E-state index contributed by atoms with van der Waals surface area (Å²) in [7, 11) is 0. The van der Waals surface area contributed by atoms with E-state index in [-0.39, 0.29) is 5.82 Å². The van der Waals surface area contributed by atoms with Gasteiger partial charge >= 0.3 is 0 Å². The van der Waals surface area contributed by atoms with Gasteiger partial charge in [-0.2, -0.15) is 0 Å². The maximum absolute atomic E-state index is 13.2. The van der Waals surface area contributed by atoms with Gasteiger partial charge in [0.1, 0.15) is 5.82 Å². The summed E-state index contributed by atoms with van der Waals surface area (Å²) in [5.74, 6) is 0.382. The number of benzene rings is 2. The number of nitrogens with zero attached hydrogens (tertiary/aromatic N) is 3. The second kappa shape index (κ2) is 4.61. The third-order valence-corrected chi connectivity index (χ3v) is 2.88. The summed E-state index contributed by atoms with van der Waals surface area (Å²) in [5.41, 5.74) is 2.11. The minimum absolute atomic E-state index is 0.226. The number of aryl methyl sites for hydroxylation is 1. The highest BCUT2D eigenvalue weighted by Gasteiger charge is 2.05. The zero-order chi connectivity index (χ0) is 13.2. The lowest BCUT2D eigenvalue weighted by atomic mass is 10.2. The minimum Gasteiger partial charge on any atom is -0.338 e. The van der Waals surface area contributed by atoms with Gasteiger partial charge in [0.15, 0.2) is 5.82 Å². The lowest BCUT2D eigenvalue weighted by Gasteiger charge is -2.08. The van der Waals surface area contributed by atoms with Crippen molar-refractivity contribution >= 4 is 22.4 Å². The molecule has 4 nitrogen and oxygen atoms in total. The standard InChI is InChI=1S/C14H11FN4/c1-9-8-10(6-7-12(9)15)16-14-11-4-2-3-5-13(11)17-19-18-14/h2-8H,1H3,(H,16,17,18). The lowest BCUT2D eigenvalue weighted by molar-refractivity contribution is 0.619. The van der Waals surface area contributed by atoms with Gasteiger partial charge in [0.25, 0.3) is 0 Å². The number of rotatable bonds is 2. The van der Waals surface area contributed by atoms with E-state index in [1.807, 2.05) is 24.3 Å². The number of hydrogen-bond acceptors (Lipinski definition) is 4. The predicted octanol–water partition coefficient (Wildman–Crippen LogP) is 3.22. The molecule has 1 heterocycles. The molecule has 0 saturated heterocycles. The summed E-state index contributed by atoms with van der Waals surface area (Å²) in [6.45, 7) is 1.72. The van der Waals surface area contributed by atoms with Crippen molar-refractivity contribution in [3.05, 3.63) is 53.8 Å². The van der Waals surface area contributed by atoms with Crippen molar-refractivity contribution in [2.75, 3.05) is 5.32 Å². The summed E-state index contributed by atoms with van der Waals surface area (Å²) < 4.78 is 13.2. The van der Waals surface area contributed by atoms with Crippen molar-refractivity contribution in [2.45, 2.75) is 6.92 Å². The Morgan fingerprint density at radius 2 is 1.89 bits per heavy atom. The van der Waals surface area contributed by atoms with Crippen LogP contribution in [0.25, 0.3) is 10.9 Å². The number of nitrogens with one attached hydrogen (secondary N) is 1. The molecule has 0 saturated carbocycles. The molecule has 0 aliphatic rings. The summed E-state index contributed by atoms with van der Waals surface area (Å²) >= 11 is 0. The van der Waals surface area contributed by atoms with Crippen LogP contribution in [-0.2, 0) is 0 Å². The van der Waals surface area contributed by atoms with Crippen molar-refractivity contribution in [3.63, 3.8) is 0 Å². The quantitative estimate of drug-likeness (QED) is 0.762. The third-order valence-electron chi connectivity index (χ3n) is 2.88. The molecule has 0 aliphatic carbocycles. The number of anilines is 2. The van der Waals surface area contributed by atoms with Crippen LogP contribution in [0.15, 0.2) is 42.5 Å². The topological polar surface area (TPSA) is 50.7 Å². The number of hydrogen-bond donors (Lipinski definition) is 1. The van der Waals surface area contributed by atoms with E-state index in [1.54, 1.807) is 19.1 Å². The van der Waals surface area contributed by atoms with E-state index < -0.39 is 0 Å². The van der Waals surface area contributed by atoms with Crippen molar-refractivity contribution in [3.8, 4) is 0 Å². The second-order valence-electron chi connectivity index (χ2n) is 4.24. The molecule has 0 aliphatic heterocycles. The molecule has 94 valence electrons. The molecule has 0 bridgehead atoms.